The number of hydrogen-bond donors (Lipinski definition) is 1. The number of carbonyl (C=O) groups excluding carboxylic acids is 1. The highest BCUT2D eigenvalue weighted by Crippen LogP contribution is 2.19. The van der Waals surface area contributed by atoms with Gasteiger partial charge in [0.1, 0.15) is 12.1 Å². The molecule has 0 atom stereocenters. The largest absolute Gasteiger partial charge is 0.481 e. The van der Waals surface area contributed by atoms with Gasteiger partial charge in [-0.15, -0.1) is 0 Å². The van der Waals surface area contributed by atoms with Crippen LogP contribution in [0.15, 0.2) is 30.7 Å². The number of pyridine rings is 1. The molecule has 0 unspecified atom stereocenters. The number of anilines is 1. The van der Waals surface area contributed by atoms with Gasteiger partial charge in [-0.25, -0.2) is 19.3 Å². The topological polar surface area (TPSA) is 80.2 Å². The molecule has 2 aromatic heterocycles. The van der Waals surface area contributed by atoms with E-state index in [0.29, 0.717) is 24.8 Å². The molecule has 3 rings (SSSR count). The first-order valence-corrected chi connectivity index (χ1v) is 7.69. The van der Waals surface area contributed by atoms with Crippen LogP contribution in [-0.2, 0) is 0 Å². The molecular weight excluding hydrogens is 313 g/mol. The van der Waals surface area contributed by atoms with E-state index in [1.54, 1.807) is 18.1 Å². The van der Waals surface area contributed by atoms with Crippen LogP contribution in [-0.4, -0.2) is 52.0 Å². The fourth-order valence-electron chi connectivity index (χ4n) is 2.66. The van der Waals surface area contributed by atoms with Crippen molar-refractivity contribution in [3.05, 3.63) is 42.2 Å². The summed E-state index contributed by atoms with van der Waals surface area (Å²) in [6, 6.07) is 4.62. The highest BCUT2D eigenvalue weighted by molar-refractivity contribution is 5.92. The van der Waals surface area contributed by atoms with E-state index < -0.39 is 5.82 Å². The summed E-state index contributed by atoms with van der Waals surface area (Å²) < 4.78 is 18.7. The Labute approximate surface area is 138 Å². The van der Waals surface area contributed by atoms with Crippen molar-refractivity contribution in [2.45, 2.75) is 18.9 Å². The zero-order valence-corrected chi connectivity index (χ0v) is 13.3. The van der Waals surface area contributed by atoms with Gasteiger partial charge in [0.05, 0.1) is 7.11 Å². The van der Waals surface area contributed by atoms with Crippen molar-refractivity contribution in [2.75, 3.05) is 25.5 Å². The Morgan fingerprint density at radius 3 is 2.83 bits per heavy atom. The number of halogens is 1. The maximum Gasteiger partial charge on any atom is 0.275 e. The second kappa shape index (κ2) is 7.20. The lowest BCUT2D eigenvalue weighted by molar-refractivity contribution is 0.0707. The van der Waals surface area contributed by atoms with Gasteiger partial charge in [-0.2, -0.15) is 0 Å². The SMILES string of the molecule is COc1cc(NC2CCN(C(=O)c3ncccc3F)CC2)ncn1. The minimum atomic E-state index is -0.587. The number of nitrogens with zero attached hydrogens (tertiary/aromatic N) is 4. The van der Waals surface area contributed by atoms with E-state index >= 15 is 0 Å². The third-order valence-corrected chi connectivity index (χ3v) is 3.95. The van der Waals surface area contributed by atoms with Crippen LogP contribution >= 0.6 is 0 Å². The minimum absolute atomic E-state index is 0.121. The number of likely N-dealkylation sites (tertiary alicyclic amines) is 1. The standard InChI is InChI=1S/C16H18FN5O2/c1-24-14-9-13(19-10-20-14)21-11-4-7-22(8-5-11)16(23)15-12(17)3-2-6-18-15/h2-3,6,9-11H,4-5,7-8H2,1H3,(H,19,20,21). The number of piperidine rings is 1. The Bertz CT molecular complexity index is 719. The van der Waals surface area contributed by atoms with Crippen molar-refractivity contribution in [3.63, 3.8) is 0 Å². The summed E-state index contributed by atoms with van der Waals surface area (Å²) in [5.74, 6) is 0.222. The van der Waals surface area contributed by atoms with Gasteiger partial charge in [-0.3, -0.25) is 4.79 Å². The molecular formula is C16H18FN5O2. The maximum absolute atomic E-state index is 13.7. The molecule has 7 nitrogen and oxygen atoms in total. The molecule has 1 saturated heterocycles. The number of carbonyl (C=O) groups is 1. The van der Waals surface area contributed by atoms with Gasteiger partial charge in [-0.05, 0) is 25.0 Å². The molecule has 24 heavy (non-hydrogen) atoms. The van der Waals surface area contributed by atoms with Crippen LogP contribution < -0.4 is 10.1 Å². The van der Waals surface area contributed by atoms with E-state index in [1.165, 1.54) is 24.7 Å². The average Bonchev–Trinajstić information content (AvgIpc) is 2.62. The van der Waals surface area contributed by atoms with E-state index in [4.69, 9.17) is 4.74 Å². The Hall–Kier alpha value is -2.77. The van der Waals surface area contributed by atoms with Gasteiger partial charge in [0.15, 0.2) is 11.5 Å². The van der Waals surface area contributed by atoms with Gasteiger partial charge < -0.3 is 15.0 Å². The number of ether oxygens (including phenoxy) is 1. The van der Waals surface area contributed by atoms with Gasteiger partial charge >= 0.3 is 0 Å². The molecule has 1 N–H and O–H groups in total. The predicted molar refractivity (Wildman–Crippen MR) is 85.3 cm³/mol. The van der Waals surface area contributed by atoms with Crippen molar-refractivity contribution >= 4 is 11.7 Å². The van der Waals surface area contributed by atoms with E-state index in [1.807, 2.05) is 0 Å². The summed E-state index contributed by atoms with van der Waals surface area (Å²) in [4.78, 5) is 25.9. The fourth-order valence-corrected chi connectivity index (χ4v) is 2.66. The summed E-state index contributed by atoms with van der Waals surface area (Å²) in [7, 11) is 1.55. The van der Waals surface area contributed by atoms with Crippen molar-refractivity contribution in [1.29, 1.82) is 0 Å². The highest BCUT2D eigenvalue weighted by atomic mass is 19.1. The van der Waals surface area contributed by atoms with Crippen LogP contribution in [0.1, 0.15) is 23.3 Å². The van der Waals surface area contributed by atoms with E-state index in [-0.39, 0.29) is 17.6 Å². The smallest absolute Gasteiger partial charge is 0.275 e. The van der Waals surface area contributed by atoms with E-state index in [0.717, 1.165) is 12.8 Å². The molecule has 0 spiro atoms. The van der Waals surface area contributed by atoms with Crippen molar-refractivity contribution < 1.29 is 13.9 Å². The summed E-state index contributed by atoms with van der Waals surface area (Å²) in [5.41, 5.74) is -0.121. The average molecular weight is 331 g/mol. The lowest BCUT2D eigenvalue weighted by Crippen LogP contribution is -2.43. The first-order chi connectivity index (χ1) is 11.7. The highest BCUT2D eigenvalue weighted by Gasteiger charge is 2.26. The maximum atomic E-state index is 13.7. The number of amides is 1. The second-order valence-electron chi connectivity index (χ2n) is 5.49. The van der Waals surface area contributed by atoms with Gasteiger partial charge in [0.25, 0.3) is 5.91 Å². The van der Waals surface area contributed by atoms with E-state index in [9.17, 15) is 9.18 Å². The molecule has 0 radical (unpaired) electrons. The molecule has 0 aromatic carbocycles. The van der Waals surface area contributed by atoms with Crippen molar-refractivity contribution in [2.24, 2.45) is 0 Å². The summed E-state index contributed by atoms with van der Waals surface area (Å²) in [6.45, 7) is 1.07. The lowest BCUT2D eigenvalue weighted by Gasteiger charge is -2.32. The molecule has 1 amide bonds. The number of aromatic nitrogens is 3. The molecule has 1 fully saturated rings. The Balaban J connectivity index is 1.57. The first kappa shape index (κ1) is 16.1. The molecule has 0 aliphatic carbocycles. The molecule has 1 aliphatic rings. The van der Waals surface area contributed by atoms with E-state index in [2.05, 4.69) is 20.3 Å². The zero-order chi connectivity index (χ0) is 16.9. The molecule has 0 saturated carbocycles. The molecule has 0 bridgehead atoms. The zero-order valence-electron chi connectivity index (χ0n) is 13.3. The molecule has 126 valence electrons. The third kappa shape index (κ3) is 3.58. The number of rotatable bonds is 4. The fraction of sp³-hybridized carbons (Fsp3) is 0.375. The number of nitrogens with one attached hydrogen (secondary N) is 1. The number of methoxy groups -OCH3 is 1. The summed E-state index contributed by atoms with van der Waals surface area (Å²) in [6.07, 6.45) is 4.34. The number of hydrogen-bond acceptors (Lipinski definition) is 6. The quantitative estimate of drug-likeness (QED) is 0.919. The van der Waals surface area contributed by atoms with Crippen LogP contribution in [0, 0.1) is 5.82 Å². The lowest BCUT2D eigenvalue weighted by atomic mass is 10.0. The Morgan fingerprint density at radius 1 is 1.33 bits per heavy atom. The third-order valence-electron chi connectivity index (χ3n) is 3.95. The second-order valence-corrected chi connectivity index (χ2v) is 5.49. The predicted octanol–water partition coefficient (Wildman–Crippen LogP) is 1.74. The molecule has 8 heteroatoms. The van der Waals surface area contributed by atoms with Crippen molar-refractivity contribution in [3.8, 4) is 5.88 Å². The Kier molecular flexibility index (Phi) is 4.83. The van der Waals surface area contributed by atoms with Crippen LogP contribution in [0.25, 0.3) is 0 Å². The summed E-state index contributed by atoms with van der Waals surface area (Å²) in [5, 5.41) is 3.31. The molecule has 1 aliphatic heterocycles. The Morgan fingerprint density at radius 2 is 2.12 bits per heavy atom. The van der Waals surface area contributed by atoms with Crippen LogP contribution in [0.5, 0.6) is 5.88 Å². The van der Waals surface area contributed by atoms with Crippen LogP contribution in [0.3, 0.4) is 0 Å². The molecule has 2 aromatic rings. The first-order valence-electron chi connectivity index (χ1n) is 7.69. The normalized spacial score (nSPS) is 15.2. The monoisotopic (exact) mass is 331 g/mol. The van der Waals surface area contributed by atoms with Gasteiger partial charge in [0, 0.05) is 31.4 Å². The minimum Gasteiger partial charge on any atom is -0.481 e. The molecule has 3 heterocycles. The van der Waals surface area contributed by atoms with Crippen LogP contribution in [0.2, 0.25) is 0 Å². The van der Waals surface area contributed by atoms with Crippen LogP contribution in [0.4, 0.5) is 10.2 Å². The van der Waals surface area contributed by atoms with Gasteiger partial charge in [0.2, 0.25) is 5.88 Å². The van der Waals surface area contributed by atoms with Crippen molar-refractivity contribution in [1.82, 2.24) is 19.9 Å². The summed E-state index contributed by atoms with van der Waals surface area (Å²) >= 11 is 0. The van der Waals surface area contributed by atoms with Gasteiger partial charge in [-0.1, -0.05) is 0 Å².